The van der Waals surface area contributed by atoms with Gasteiger partial charge in [-0.2, -0.15) is 0 Å². The minimum atomic E-state index is -2.23. The monoisotopic (exact) mass is 961 g/mol. The molecule has 12 nitrogen and oxygen atoms in total. The zero-order valence-electron chi connectivity index (χ0n) is 42.8. The number of Topliss-reactive ketones (excluding diaryl/α,β-unsaturated/α-hetero) is 1. The van der Waals surface area contributed by atoms with Gasteiger partial charge >= 0.3 is 0 Å². The first-order chi connectivity index (χ1) is 30.8. The maximum absolute atomic E-state index is 14.6. The molecule has 8 rings (SSSR count). The van der Waals surface area contributed by atoms with E-state index in [0.717, 1.165) is 49.7 Å². The Morgan fingerprint density at radius 1 is 0.742 bits per heavy atom. The Balaban J connectivity index is 1.07. The average molecular weight is 961 g/mol. The number of fused-ring (bicyclic) bond motifs is 9. The van der Waals surface area contributed by atoms with Crippen LogP contribution in [0.3, 0.4) is 0 Å². The molecule has 8 fully saturated rings. The van der Waals surface area contributed by atoms with Crippen LogP contribution in [0, 0.1) is 11.8 Å². The number of ketones is 1. The second-order valence-corrected chi connectivity index (χ2v) is 34.5. The molecule has 18 atom stereocenters. The van der Waals surface area contributed by atoms with Gasteiger partial charge in [-0.15, -0.1) is 0 Å². The van der Waals surface area contributed by atoms with E-state index in [1.54, 1.807) is 7.11 Å². The molecule has 0 saturated carbocycles. The summed E-state index contributed by atoms with van der Waals surface area (Å²) in [6.45, 7) is 34.7. The Morgan fingerprint density at radius 3 is 2.15 bits per heavy atom. The quantitative estimate of drug-likeness (QED) is 0.184. The number of ether oxygens (including phenoxy) is 8. The molecule has 10 bridgehead atoms. The summed E-state index contributed by atoms with van der Waals surface area (Å²) < 4.78 is 68.8. The van der Waals surface area contributed by atoms with Crippen molar-refractivity contribution in [3.8, 4) is 0 Å². The molecule has 0 aromatic heterocycles. The van der Waals surface area contributed by atoms with Crippen LogP contribution >= 0.6 is 0 Å². The Labute approximate surface area is 399 Å². The van der Waals surface area contributed by atoms with Gasteiger partial charge in [-0.1, -0.05) is 61.6 Å². The zero-order valence-corrected chi connectivity index (χ0v) is 44.8. The van der Waals surface area contributed by atoms with Crippen molar-refractivity contribution in [2.75, 3.05) is 13.7 Å². The second kappa shape index (κ2) is 19.6. The Kier molecular flexibility index (Phi) is 15.3. The largest absolute Gasteiger partial charge is 0.414 e. The highest BCUT2D eigenvalue weighted by Gasteiger charge is 2.60. The molecule has 8 heterocycles. The summed E-state index contributed by atoms with van der Waals surface area (Å²) in [5.41, 5.74) is 2.21. The van der Waals surface area contributed by atoms with Crippen molar-refractivity contribution in [1.82, 2.24) is 0 Å². The van der Waals surface area contributed by atoms with E-state index in [-0.39, 0.29) is 107 Å². The highest BCUT2D eigenvalue weighted by Crippen LogP contribution is 2.50. The molecular weight excluding hydrogens is 873 g/mol. The van der Waals surface area contributed by atoms with Gasteiger partial charge in [0.25, 0.3) is 0 Å². The lowest BCUT2D eigenvalue weighted by Gasteiger charge is -2.47. The normalized spacial score (nSPS) is 43.3. The van der Waals surface area contributed by atoms with Gasteiger partial charge < -0.3 is 51.9 Å². The SMILES string of the molecule is C=C1C2CC3O[C@H](CC(CO[Si](C)(C)C(C)(C)C)O[Si](C)(C)C(C)(C)C)[C@H](OC)C3CC(=O)CC3CCC4OC5CC(O[C@@]6(CCC7CC(=C)[C@H](CCC(C[C@H]1C)O2)O7)C[C@@H](O)C5O6)[C@H]4O3. The molecule has 0 amide bonds. The molecule has 376 valence electrons. The summed E-state index contributed by atoms with van der Waals surface area (Å²) in [5.74, 6) is -0.754. The molecule has 11 unspecified atom stereocenters. The standard InChI is InChI=1S/C52H88O12Si2/c1-30-21-34-15-17-40-31(2)22-36(57-40)19-20-52-28-39(54)48(63-52)45-27-46(62-52)49-41(60-45)18-16-35(59-49)23-33(53)24-38-43(26-42(58-34)32(30)3)61-44(47(38)55-10)25-37(64-66(13,14)51(7,8)9)29-56-65(11,12)50(4,5)6/h30,34-49,54H,2-3,15-29H2,1,4-14H3/t30-,34?,35?,36?,37?,38?,39-,40+,41?,42?,43?,44-,45?,46?,47-,48?,49+,52-/m1/s1. The number of carbonyl (C=O) groups excluding carboxylic acids is 1. The van der Waals surface area contributed by atoms with E-state index < -0.39 is 34.6 Å². The molecule has 1 N–H and O–H groups in total. The number of hydrogen-bond acceptors (Lipinski definition) is 12. The summed E-state index contributed by atoms with van der Waals surface area (Å²) in [6.07, 6.45) is 5.01. The maximum Gasteiger partial charge on any atom is 0.192 e. The molecule has 0 aromatic rings. The molecule has 14 heteroatoms. The predicted octanol–water partition coefficient (Wildman–Crippen LogP) is 9.51. The maximum atomic E-state index is 14.6. The third kappa shape index (κ3) is 11.0. The van der Waals surface area contributed by atoms with E-state index >= 15 is 0 Å². The first-order valence-corrected chi connectivity index (χ1v) is 31.7. The summed E-state index contributed by atoms with van der Waals surface area (Å²) >= 11 is 0. The number of aliphatic hydroxyl groups is 1. The van der Waals surface area contributed by atoms with Gasteiger partial charge in [-0.05, 0) is 98.3 Å². The fourth-order valence-corrected chi connectivity index (χ4v) is 14.4. The third-order valence-corrected chi connectivity index (χ3v) is 27.1. The number of carbonyl (C=O) groups is 1. The van der Waals surface area contributed by atoms with Crippen molar-refractivity contribution in [3.05, 3.63) is 24.3 Å². The smallest absolute Gasteiger partial charge is 0.192 e. The molecule has 0 aromatic carbocycles. The molecular formula is C52H88O12Si2. The van der Waals surface area contributed by atoms with Crippen LogP contribution in [-0.4, -0.2) is 139 Å². The Hall–Kier alpha value is -0.856. The molecule has 8 aliphatic rings. The summed E-state index contributed by atoms with van der Waals surface area (Å²) in [5, 5.41) is 11.3. The lowest BCUT2D eigenvalue weighted by atomic mass is 9.81. The fraction of sp³-hybridized carbons (Fsp3) is 0.904. The molecule has 1 spiro atoms. The molecule has 8 saturated heterocycles. The third-order valence-electron chi connectivity index (χ3n) is 18.0. The second-order valence-electron chi connectivity index (χ2n) is 24.9. The van der Waals surface area contributed by atoms with Crippen LogP contribution in [-0.2, 0) is 51.5 Å². The first kappa shape index (κ1) is 51.5. The van der Waals surface area contributed by atoms with Crippen molar-refractivity contribution in [2.45, 2.75) is 272 Å². The number of rotatable bonds is 8. The lowest BCUT2D eigenvalue weighted by Crippen LogP contribution is -2.58. The Bertz CT molecular complexity index is 1740. The number of hydrogen-bond donors (Lipinski definition) is 1. The van der Waals surface area contributed by atoms with Gasteiger partial charge in [0.2, 0.25) is 0 Å². The zero-order chi connectivity index (χ0) is 47.7. The van der Waals surface area contributed by atoms with E-state index in [4.69, 9.17) is 46.7 Å². The van der Waals surface area contributed by atoms with Crippen molar-refractivity contribution in [3.63, 3.8) is 0 Å². The van der Waals surface area contributed by atoms with Crippen LogP contribution in [0.15, 0.2) is 24.3 Å². The van der Waals surface area contributed by atoms with E-state index in [2.05, 4.69) is 87.8 Å². The van der Waals surface area contributed by atoms with E-state index in [0.29, 0.717) is 58.0 Å². The van der Waals surface area contributed by atoms with Gasteiger partial charge in [-0.25, -0.2) is 0 Å². The van der Waals surface area contributed by atoms with Gasteiger partial charge in [-0.3, -0.25) is 4.79 Å². The van der Waals surface area contributed by atoms with E-state index in [9.17, 15) is 9.90 Å². The molecule has 66 heavy (non-hydrogen) atoms. The lowest BCUT2D eigenvalue weighted by molar-refractivity contribution is -0.277. The van der Waals surface area contributed by atoms with Gasteiger partial charge in [0, 0.05) is 58.0 Å². The van der Waals surface area contributed by atoms with Crippen molar-refractivity contribution in [2.24, 2.45) is 11.8 Å². The summed E-state index contributed by atoms with van der Waals surface area (Å²) in [6, 6.07) is 0. The van der Waals surface area contributed by atoms with E-state index in [1.165, 1.54) is 0 Å². The van der Waals surface area contributed by atoms with Gasteiger partial charge in [0.15, 0.2) is 22.4 Å². The topological polar surface area (TPSA) is 130 Å². The minimum absolute atomic E-state index is 0.00413. The Morgan fingerprint density at radius 2 is 1.44 bits per heavy atom. The first-order valence-electron chi connectivity index (χ1n) is 25.9. The molecule has 0 radical (unpaired) electrons. The van der Waals surface area contributed by atoms with Gasteiger partial charge in [0.05, 0.1) is 86.0 Å². The number of methoxy groups -OCH3 is 1. The highest BCUT2D eigenvalue weighted by atomic mass is 28.4. The predicted molar refractivity (Wildman–Crippen MR) is 258 cm³/mol. The van der Waals surface area contributed by atoms with Crippen LogP contribution < -0.4 is 0 Å². The van der Waals surface area contributed by atoms with Crippen LogP contribution in [0.2, 0.25) is 36.3 Å². The van der Waals surface area contributed by atoms with Crippen molar-refractivity contribution >= 4 is 22.4 Å². The van der Waals surface area contributed by atoms with Crippen LogP contribution in [0.4, 0.5) is 0 Å². The van der Waals surface area contributed by atoms with Gasteiger partial charge in [0.1, 0.15) is 18.0 Å². The van der Waals surface area contributed by atoms with Crippen LogP contribution in [0.25, 0.3) is 0 Å². The molecule has 0 aliphatic carbocycles. The average Bonchev–Trinajstić information content (AvgIpc) is 3.83. The van der Waals surface area contributed by atoms with Crippen molar-refractivity contribution < 1.29 is 56.6 Å². The summed E-state index contributed by atoms with van der Waals surface area (Å²) in [4.78, 5) is 14.6. The highest BCUT2D eigenvalue weighted by molar-refractivity contribution is 6.74. The molecule has 8 aliphatic heterocycles. The minimum Gasteiger partial charge on any atom is -0.414 e. The fourth-order valence-electron chi connectivity index (χ4n) is 12.0. The summed E-state index contributed by atoms with van der Waals surface area (Å²) in [7, 11) is -2.57. The van der Waals surface area contributed by atoms with Crippen LogP contribution in [0.1, 0.15) is 138 Å². The van der Waals surface area contributed by atoms with E-state index in [1.807, 2.05) is 0 Å². The van der Waals surface area contributed by atoms with Crippen LogP contribution in [0.5, 0.6) is 0 Å². The van der Waals surface area contributed by atoms with Crippen molar-refractivity contribution in [1.29, 1.82) is 0 Å². The number of aliphatic hydroxyl groups excluding tert-OH is 1.